The van der Waals surface area contributed by atoms with Gasteiger partial charge in [0.1, 0.15) is 12.2 Å². The van der Waals surface area contributed by atoms with Gasteiger partial charge in [-0.25, -0.2) is 0 Å². The predicted octanol–water partition coefficient (Wildman–Crippen LogP) is 0.653. The lowest BCUT2D eigenvalue weighted by atomic mass is 9.93. The Morgan fingerprint density at radius 1 is 1.15 bits per heavy atom. The van der Waals surface area contributed by atoms with Crippen molar-refractivity contribution in [1.82, 2.24) is 4.90 Å². The molecule has 4 heteroatoms. The maximum absolute atomic E-state index is 10.1. The monoisotopic (exact) mass is 275 g/mol. The molecule has 0 saturated carbocycles. The third-order valence-corrected chi connectivity index (χ3v) is 3.59. The maximum atomic E-state index is 10.1. The van der Waals surface area contributed by atoms with Crippen molar-refractivity contribution in [3.63, 3.8) is 0 Å². The number of benzene rings is 1. The first-order chi connectivity index (χ1) is 9.63. The average molecular weight is 275 g/mol. The van der Waals surface area contributed by atoms with E-state index in [2.05, 4.69) is 6.58 Å². The molecule has 1 saturated heterocycles. The number of hydrogen-bond acceptors (Lipinski definition) is 4. The number of rotatable bonds is 4. The fourth-order valence-electron chi connectivity index (χ4n) is 2.49. The van der Waals surface area contributed by atoms with E-state index < -0.39 is 18.3 Å². The van der Waals surface area contributed by atoms with Gasteiger partial charge in [0.05, 0.1) is 12.1 Å². The third kappa shape index (κ3) is 3.35. The van der Waals surface area contributed by atoms with E-state index >= 15 is 0 Å². The molecular formula is C16H21NO3. The predicted molar refractivity (Wildman–Crippen MR) is 79.1 cm³/mol. The molecule has 1 aliphatic rings. The van der Waals surface area contributed by atoms with Crippen molar-refractivity contribution in [3.05, 3.63) is 54.6 Å². The molecule has 1 aromatic carbocycles. The molecule has 4 atom stereocenters. The molecule has 3 N–H and O–H groups in total. The number of likely N-dealkylation sites (tertiary alicyclic amines) is 1. The minimum Gasteiger partial charge on any atom is -0.389 e. The van der Waals surface area contributed by atoms with E-state index in [0.29, 0.717) is 13.1 Å². The van der Waals surface area contributed by atoms with Gasteiger partial charge in [-0.2, -0.15) is 0 Å². The van der Waals surface area contributed by atoms with E-state index in [-0.39, 0.29) is 6.04 Å². The fourth-order valence-corrected chi connectivity index (χ4v) is 2.49. The van der Waals surface area contributed by atoms with Crippen LogP contribution in [0.25, 0.3) is 6.08 Å². The zero-order chi connectivity index (χ0) is 14.5. The van der Waals surface area contributed by atoms with Gasteiger partial charge in [-0.3, -0.25) is 4.90 Å². The highest BCUT2D eigenvalue weighted by Gasteiger charge is 2.39. The quantitative estimate of drug-likeness (QED) is 0.706. The van der Waals surface area contributed by atoms with Gasteiger partial charge < -0.3 is 15.3 Å². The van der Waals surface area contributed by atoms with E-state index in [1.54, 1.807) is 6.08 Å². The Kier molecular flexibility index (Phi) is 5.09. The molecule has 0 aromatic heterocycles. The summed E-state index contributed by atoms with van der Waals surface area (Å²) in [5, 5.41) is 29.7. The Balaban J connectivity index is 2.16. The van der Waals surface area contributed by atoms with Gasteiger partial charge in [0.25, 0.3) is 0 Å². The number of β-amino-alcohol motifs (C(OH)–C–C–N with tert-alkyl or cyclic N) is 1. The van der Waals surface area contributed by atoms with Crippen molar-refractivity contribution >= 4 is 6.08 Å². The molecule has 1 heterocycles. The van der Waals surface area contributed by atoms with Crippen molar-refractivity contribution in [3.8, 4) is 0 Å². The summed E-state index contributed by atoms with van der Waals surface area (Å²) >= 11 is 0. The zero-order valence-corrected chi connectivity index (χ0v) is 11.3. The lowest BCUT2D eigenvalue weighted by molar-refractivity contribution is -0.124. The highest BCUT2D eigenvalue weighted by atomic mass is 16.4. The molecule has 0 radical (unpaired) electrons. The summed E-state index contributed by atoms with van der Waals surface area (Å²) in [4.78, 5) is 1.90. The third-order valence-electron chi connectivity index (χ3n) is 3.59. The minimum atomic E-state index is -1.12. The molecule has 0 amide bonds. The second kappa shape index (κ2) is 6.81. The number of piperidine rings is 1. The fraction of sp³-hybridized carbons (Fsp3) is 0.375. The summed E-state index contributed by atoms with van der Waals surface area (Å²) in [7, 11) is 0. The molecule has 0 bridgehead atoms. The van der Waals surface area contributed by atoms with Crippen molar-refractivity contribution in [2.24, 2.45) is 0 Å². The Morgan fingerprint density at radius 2 is 1.85 bits per heavy atom. The van der Waals surface area contributed by atoms with E-state index in [1.807, 2.05) is 47.4 Å². The largest absolute Gasteiger partial charge is 0.389 e. The zero-order valence-electron chi connectivity index (χ0n) is 11.3. The van der Waals surface area contributed by atoms with E-state index in [9.17, 15) is 15.3 Å². The van der Waals surface area contributed by atoms with Crippen molar-refractivity contribution in [2.45, 2.75) is 24.4 Å². The highest BCUT2D eigenvalue weighted by molar-refractivity contribution is 5.49. The molecule has 0 spiro atoms. The first-order valence-corrected chi connectivity index (χ1v) is 6.76. The van der Waals surface area contributed by atoms with E-state index in [0.717, 1.165) is 5.56 Å². The van der Waals surface area contributed by atoms with Crippen LogP contribution in [0.4, 0.5) is 0 Å². The summed E-state index contributed by atoms with van der Waals surface area (Å²) in [5.74, 6) is 0. The van der Waals surface area contributed by atoms with Crippen LogP contribution < -0.4 is 0 Å². The molecule has 4 nitrogen and oxygen atoms in total. The number of hydrogen-bond donors (Lipinski definition) is 3. The standard InChI is InChI=1S/C16H21NO3/c1-2-10-17-11-14(18)16(20)15(19)13(17)9-8-12-6-4-3-5-7-12/h2-9,13-16,18-20H,1,10-11H2/b9-8+/t13-,14+,15+,16-/m0/s1. The van der Waals surface area contributed by atoms with Gasteiger partial charge in [0.15, 0.2) is 0 Å². The van der Waals surface area contributed by atoms with Crippen molar-refractivity contribution in [1.29, 1.82) is 0 Å². The van der Waals surface area contributed by atoms with Gasteiger partial charge in [0.2, 0.25) is 0 Å². The van der Waals surface area contributed by atoms with Crippen molar-refractivity contribution in [2.75, 3.05) is 13.1 Å². The molecule has 1 aliphatic heterocycles. The molecule has 2 rings (SSSR count). The lowest BCUT2D eigenvalue weighted by Crippen LogP contribution is -2.60. The van der Waals surface area contributed by atoms with Gasteiger partial charge >= 0.3 is 0 Å². The summed E-state index contributed by atoms with van der Waals surface area (Å²) in [6.07, 6.45) is 2.42. The van der Waals surface area contributed by atoms with Gasteiger partial charge in [-0.15, -0.1) is 6.58 Å². The smallest absolute Gasteiger partial charge is 0.109 e. The molecular weight excluding hydrogens is 254 g/mol. The molecule has 0 aliphatic carbocycles. The van der Waals surface area contributed by atoms with Crippen LogP contribution >= 0.6 is 0 Å². The van der Waals surface area contributed by atoms with Gasteiger partial charge in [-0.05, 0) is 5.56 Å². The molecule has 1 fully saturated rings. The average Bonchev–Trinajstić information content (AvgIpc) is 2.46. The lowest BCUT2D eigenvalue weighted by Gasteiger charge is -2.42. The van der Waals surface area contributed by atoms with Crippen LogP contribution in [0.2, 0.25) is 0 Å². The van der Waals surface area contributed by atoms with Crippen LogP contribution in [0.5, 0.6) is 0 Å². The van der Waals surface area contributed by atoms with Crippen LogP contribution in [0, 0.1) is 0 Å². The van der Waals surface area contributed by atoms with Crippen LogP contribution in [-0.4, -0.2) is 57.7 Å². The molecule has 0 unspecified atom stereocenters. The van der Waals surface area contributed by atoms with E-state index in [4.69, 9.17) is 0 Å². The van der Waals surface area contributed by atoms with Crippen molar-refractivity contribution < 1.29 is 15.3 Å². The Hall–Kier alpha value is -1.46. The van der Waals surface area contributed by atoms with E-state index in [1.165, 1.54) is 0 Å². The molecule has 1 aromatic rings. The minimum absolute atomic E-state index is 0.314. The van der Waals surface area contributed by atoms with Crippen LogP contribution in [0.15, 0.2) is 49.1 Å². The van der Waals surface area contributed by atoms with Gasteiger partial charge in [0, 0.05) is 13.1 Å². The first kappa shape index (κ1) is 14.9. The summed E-state index contributed by atoms with van der Waals surface area (Å²) in [6, 6.07) is 9.42. The second-order valence-electron chi connectivity index (χ2n) is 5.05. The summed E-state index contributed by atoms with van der Waals surface area (Å²) < 4.78 is 0. The Morgan fingerprint density at radius 3 is 2.50 bits per heavy atom. The number of nitrogens with zero attached hydrogens (tertiary/aromatic N) is 1. The van der Waals surface area contributed by atoms with Crippen LogP contribution in [0.1, 0.15) is 5.56 Å². The number of aliphatic hydroxyl groups excluding tert-OH is 3. The van der Waals surface area contributed by atoms with Crippen LogP contribution in [-0.2, 0) is 0 Å². The maximum Gasteiger partial charge on any atom is 0.109 e. The Bertz CT molecular complexity index is 460. The Labute approximate surface area is 119 Å². The SMILES string of the molecule is C=CCN1C[C@@H](O)[C@H](O)[C@H](O)[C@@H]1/C=C/c1ccccc1. The topological polar surface area (TPSA) is 63.9 Å². The van der Waals surface area contributed by atoms with Crippen LogP contribution in [0.3, 0.4) is 0 Å². The molecule has 108 valence electrons. The molecule has 20 heavy (non-hydrogen) atoms. The normalized spacial score (nSPS) is 31.6. The highest BCUT2D eigenvalue weighted by Crippen LogP contribution is 2.20. The van der Waals surface area contributed by atoms with Gasteiger partial charge in [-0.1, -0.05) is 48.6 Å². The first-order valence-electron chi connectivity index (χ1n) is 6.76. The summed E-state index contributed by atoms with van der Waals surface area (Å²) in [5.41, 5.74) is 1.03. The summed E-state index contributed by atoms with van der Waals surface area (Å²) in [6.45, 7) is 4.54. The second-order valence-corrected chi connectivity index (χ2v) is 5.05. The number of aliphatic hydroxyl groups is 3.